The van der Waals surface area contributed by atoms with Crippen LogP contribution in [0.25, 0.3) is 0 Å². The molecule has 0 fully saturated rings. The molecule has 0 aliphatic carbocycles. The Morgan fingerprint density at radius 2 is 2.29 bits per heavy atom. The van der Waals surface area contributed by atoms with Gasteiger partial charge < -0.3 is 10.6 Å². The summed E-state index contributed by atoms with van der Waals surface area (Å²) in [4.78, 5) is 4.00. The summed E-state index contributed by atoms with van der Waals surface area (Å²) < 4.78 is 12.9. The number of nitrogens with zero attached hydrogens (tertiary/aromatic N) is 1. The van der Waals surface area contributed by atoms with Crippen molar-refractivity contribution in [3.63, 3.8) is 0 Å². The van der Waals surface area contributed by atoms with Crippen molar-refractivity contribution < 1.29 is 4.39 Å². The van der Waals surface area contributed by atoms with Crippen molar-refractivity contribution in [1.29, 1.82) is 0 Å². The molecule has 4 heteroatoms. The first kappa shape index (κ1) is 13.0. The van der Waals surface area contributed by atoms with Gasteiger partial charge in [-0.3, -0.25) is 4.99 Å². The smallest absolute Gasteiger partial charge is 0.191 e. The number of benzene rings is 1. The zero-order chi connectivity index (χ0) is 12.5. The Morgan fingerprint density at radius 1 is 1.47 bits per heavy atom. The third kappa shape index (κ3) is 5.03. The van der Waals surface area contributed by atoms with E-state index in [1.54, 1.807) is 13.1 Å². The average Bonchev–Trinajstić information content (AvgIpc) is 2.33. The summed E-state index contributed by atoms with van der Waals surface area (Å²) in [5.74, 6) is 2.91. The summed E-state index contributed by atoms with van der Waals surface area (Å²) in [6, 6.07) is 6.56. The molecular weight excluding hydrogens is 217 g/mol. The van der Waals surface area contributed by atoms with E-state index in [4.69, 9.17) is 6.42 Å². The van der Waals surface area contributed by atoms with Crippen molar-refractivity contribution in [3.05, 3.63) is 35.6 Å². The molecule has 1 aromatic carbocycles. The number of terminal acetylenes is 1. The van der Waals surface area contributed by atoms with E-state index < -0.39 is 0 Å². The average molecular weight is 233 g/mol. The van der Waals surface area contributed by atoms with E-state index >= 15 is 0 Å². The first-order valence-corrected chi connectivity index (χ1v) is 5.38. The first-order chi connectivity index (χ1) is 8.26. The Balaban J connectivity index is 2.34. The molecule has 0 radical (unpaired) electrons. The maximum absolute atomic E-state index is 12.9. The SMILES string of the molecule is C#CCNC(=NC)NCCc1cccc(F)c1. The van der Waals surface area contributed by atoms with E-state index in [0.29, 0.717) is 19.0 Å². The lowest BCUT2D eigenvalue weighted by atomic mass is 10.1. The van der Waals surface area contributed by atoms with Crippen LogP contribution in [-0.2, 0) is 6.42 Å². The quantitative estimate of drug-likeness (QED) is 0.465. The zero-order valence-electron chi connectivity index (χ0n) is 9.83. The molecule has 0 aliphatic heterocycles. The Labute approximate surface area is 101 Å². The molecule has 0 amide bonds. The van der Waals surface area contributed by atoms with Gasteiger partial charge in [0.2, 0.25) is 0 Å². The van der Waals surface area contributed by atoms with Gasteiger partial charge in [0.1, 0.15) is 5.82 Å². The number of hydrogen-bond acceptors (Lipinski definition) is 1. The molecule has 0 bridgehead atoms. The second kappa shape index (κ2) is 7.29. The van der Waals surface area contributed by atoms with Crippen LogP contribution in [0.4, 0.5) is 4.39 Å². The molecule has 0 aliphatic rings. The van der Waals surface area contributed by atoms with Crippen LogP contribution in [0.5, 0.6) is 0 Å². The molecule has 0 saturated heterocycles. The molecule has 2 N–H and O–H groups in total. The van der Waals surface area contributed by atoms with Crippen LogP contribution in [0.2, 0.25) is 0 Å². The Kier molecular flexibility index (Phi) is 5.59. The molecule has 1 rings (SSSR count). The molecular formula is C13H16FN3. The third-order valence-corrected chi connectivity index (χ3v) is 2.18. The Morgan fingerprint density at radius 3 is 2.94 bits per heavy atom. The standard InChI is InChI=1S/C13H16FN3/c1-3-8-16-13(15-2)17-9-7-11-5-4-6-12(14)10-11/h1,4-6,10H,7-9H2,2H3,(H2,15,16,17). The van der Waals surface area contributed by atoms with Crippen LogP contribution in [0.1, 0.15) is 5.56 Å². The fraction of sp³-hybridized carbons (Fsp3) is 0.308. The van der Waals surface area contributed by atoms with Crippen LogP contribution in [0.3, 0.4) is 0 Å². The van der Waals surface area contributed by atoms with E-state index in [2.05, 4.69) is 21.5 Å². The number of nitrogens with one attached hydrogen (secondary N) is 2. The second-order valence-corrected chi connectivity index (χ2v) is 3.44. The number of halogens is 1. The van der Waals surface area contributed by atoms with Crippen molar-refractivity contribution in [2.75, 3.05) is 20.1 Å². The molecule has 1 aromatic rings. The molecule has 0 atom stereocenters. The maximum Gasteiger partial charge on any atom is 0.191 e. The maximum atomic E-state index is 12.9. The van der Waals surface area contributed by atoms with Crippen molar-refractivity contribution in [3.8, 4) is 12.3 Å². The van der Waals surface area contributed by atoms with Gasteiger partial charge in [-0.2, -0.15) is 0 Å². The van der Waals surface area contributed by atoms with Gasteiger partial charge in [0.25, 0.3) is 0 Å². The van der Waals surface area contributed by atoms with Crippen LogP contribution in [0.15, 0.2) is 29.3 Å². The topological polar surface area (TPSA) is 36.4 Å². The van der Waals surface area contributed by atoms with Crippen LogP contribution >= 0.6 is 0 Å². The number of guanidine groups is 1. The first-order valence-electron chi connectivity index (χ1n) is 5.38. The molecule has 0 heterocycles. The van der Waals surface area contributed by atoms with Crippen molar-refractivity contribution in [2.45, 2.75) is 6.42 Å². The fourth-order valence-electron chi connectivity index (χ4n) is 1.37. The third-order valence-electron chi connectivity index (χ3n) is 2.18. The highest BCUT2D eigenvalue weighted by Crippen LogP contribution is 2.03. The summed E-state index contributed by atoms with van der Waals surface area (Å²) in [5.41, 5.74) is 0.949. The van der Waals surface area contributed by atoms with Gasteiger partial charge >= 0.3 is 0 Å². The van der Waals surface area contributed by atoms with E-state index in [-0.39, 0.29) is 5.82 Å². The predicted octanol–water partition coefficient (Wildman–Crippen LogP) is 1.17. The van der Waals surface area contributed by atoms with Gasteiger partial charge in [-0.25, -0.2) is 4.39 Å². The molecule has 0 aromatic heterocycles. The number of rotatable bonds is 4. The number of hydrogen-bond donors (Lipinski definition) is 2. The van der Waals surface area contributed by atoms with Gasteiger partial charge in [-0.05, 0) is 24.1 Å². The lowest BCUT2D eigenvalue weighted by Crippen LogP contribution is -2.38. The van der Waals surface area contributed by atoms with E-state index in [1.165, 1.54) is 12.1 Å². The molecule has 90 valence electrons. The normalized spacial score (nSPS) is 10.8. The highest BCUT2D eigenvalue weighted by Gasteiger charge is 1.97. The van der Waals surface area contributed by atoms with Gasteiger partial charge in [0, 0.05) is 13.6 Å². The minimum absolute atomic E-state index is 0.211. The molecule has 0 saturated carbocycles. The summed E-state index contributed by atoms with van der Waals surface area (Å²) in [6.07, 6.45) is 5.86. The fourth-order valence-corrected chi connectivity index (χ4v) is 1.37. The van der Waals surface area contributed by atoms with Gasteiger partial charge in [-0.15, -0.1) is 6.42 Å². The summed E-state index contributed by atoms with van der Waals surface area (Å²) >= 11 is 0. The van der Waals surface area contributed by atoms with Crippen LogP contribution in [0, 0.1) is 18.2 Å². The van der Waals surface area contributed by atoms with Gasteiger partial charge in [0.15, 0.2) is 5.96 Å². The highest BCUT2D eigenvalue weighted by molar-refractivity contribution is 5.79. The lowest BCUT2D eigenvalue weighted by Gasteiger charge is -2.09. The van der Waals surface area contributed by atoms with Crippen LogP contribution < -0.4 is 10.6 Å². The summed E-state index contributed by atoms with van der Waals surface area (Å²) in [7, 11) is 1.67. The van der Waals surface area contributed by atoms with E-state index in [0.717, 1.165) is 12.0 Å². The molecule has 17 heavy (non-hydrogen) atoms. The van der Waals surface area contributed by atoms with Gasteiger partial charge in [-0.1, -0.05) is 18.1 Å². The minimum atomic E-state index is -0.211. The van der Waals surface area contributed by atoms with E-state index in [9.17, 15) is 4.39 Å². The lowest BCUT2D eigenvalue weighted by molar-refractivity contribution is 0.625. The zero-order valence-corrected chi connectivity index (χ0v) is 9.83. The second-order valence-electron chi connectivity index (χ2n) is 3.44. The van der Waals surface area contributed by atoms with Crippen molar-refractivity contribution in [1.82, 2.24) is 10.6 Å². The van der Waals surface area contributed by atoms with Gasteiger partial charge in [0.05, 0.1) is 6.54 Å². The summed E-state index contributed by atoms with van der Waals surface area (Å²) in [6.45, 7) is 1.10. The predicted molar refractivity (Wildman–Crippen MR) is 68.3 cm³/mol. The summed E-state index contributed by atoms with van der Waals surface area (Å²) in [5, 5.41) is 6.04. The van der Waals surface area contributed by atoms with E-state index in [1.807, 2.05) is 6.07 Å². The molecule has 0 unspecified atom stereocenters. The Bertz CT molecular complexity index is 421. The van der Waals surface area contributed by atoms with Crippen molar-refractivity contribution >= 4 is 5.96 Å². The molecule has 0 spiro atoms. The van der Waals surface area contributed by atoms with Crippen LogP contribution in [-0.4, -0.2) is 26.1 Å². The van der Waals surface area contributed by atoms with Crippen molar-refractivity contribution in [2.24, 2.45) is 4.99 Å². The number of aliphatic imine (C=N–C) groups is 1. The monoisotopic (exact) mass is 233 g/mol. The molecule has 3 nitrogen and oxygen atoms in total. The minimum Gasteiger partial charge on any atom is -0.356 e. The highest BCUT2D eigenvalue weighted by atomic mass is 19.1. The Hall–Kier alpha value is -2.02. The largest absolute Gasteiger partial charge is 0.356 e.